The van der Waals surface area contributed by atoms with Gasteiger partial charge in [-0.1, -0.05) is 30.7 Å². The van der Waals surface area contributed by atoms with Crippen LogP contribution in [0.5, 0.6) is 5.75 Å². The fraction of sp³-hybridized carbons (Fsp3) is 0.312. The summed E-state index contributed by atoms with van der Waals surface area (Å²) in [5, 5.41) is 0.747. The third kappa shape index (κ3) is 5.34. The topological polar surface area (TPSA) is 91.8 Å². The van der Waals surface area contributed by atoms with Crippen LogP contribution in [-0.2, 0) is 10.0 Å². The van der Waals surface area contributed by atoms with Crippen molar-refractivity contribution in [2.75, 3.05) is 42.9 Å². The molecule has 0 unspecified atom stereocenters. The summed E-state index contributed by atoms with van der Waals surface area (Å²) in [7, 11) is -2.17. The smallest absolute Gasteiger partial charge is 0.264 e. The number of nitrogens with zero attached hydrogens (tertiary/aromatic N) is 3. The van der Waals surface area contributed by atoms with Crippen LogP contribution in [0.25, 0.3) is 10.9 Å². The minimum atomic E-state index is -3.88. The Hall–Kier alpha value is -4.11. The van der Waals surface area contributed by atoms with E-state index in [0.29, 0.717) is 54.4 Å². The quantitative estimate of drug-likeness (QED) is 0.312. The summed E-state index contributed by atoms with van der Waals surface area (Å²) >= 11 is 0. The molecule has 8 nitrogen and oxygen atoms in total. The summed E-state index contributed by atoms with van der Waals surface area (Å²) in [5.74, 6) is 1.47. The van der Waals surface area contributed by atoms with Gasteiger partial charge in [-0.2, -0.15) is 0 Å². The number of anilines is 2. The summed E-state index contributed by atoms with van der Waals surface area (Å²) in [6, 6.07) is 20.3. The van der Waals surface area contributed by atoms with Gasteiger partial charge in [-0.3, -0.25) is 14.5 Å². The number of hydrogen-bond donors (Lipinski definition) is 1. The second kappa shape index (κ2) is 11.0. The van der Waals surface area contributed by atoms with Crippen molar-refractivity contribution in [3.8, 4) is 5.75 Å². The summed E-state index contributed by atoms with van der Waals surface area (Å²) in [6.45, 7) is 4.40. The van der Waals surface area contributed by atoms with Gasteiger partial charge in [0.25, 0.3) is 15.9 Å². The van der Waals surface area contributed by atoms with Gasteiger partial charge in [-0.05, 0) is 79.3 Å². The minimum Gasteiger partial charge on any atom is -0.495 e. The lowest BCUT2D eigenvalue weighted by Crippen LogP contribution is -2.48. The largest absolute Gasteiger partial charge is 0.495 e. The first-order valence-electron chi connectivity index (χ1n) is 14.0. The van der Waals surface area contributed by atoms with E-state index in [4.69, 9.17) is 4.74 Å². The van der Waals surface area contributed by atoms with Gasteiger partial charge < -0.3 is 14.5 Å². The average Bonchev–Trinajstić information content (AvgIpc) is 2.96. The van der Waals surface area contributed by atoms with E-state index in [0.717, 1.165) is 16.8 Å². The summed E-state index contributed by atoms with van der Waals surface area (Å²) in [5.41, 5.74) is 4.46. The van der Waals surface area contributed by atoms with Gasteiger partial charge in [0.2, 0.25) is 0 Å². The standard InChI is InChI=1S/C32H34N4O4S/c1-22-20-26(11-13-27(22)34-41(38,39)30-10-4-8-24-9-5-15-33-31(24)30)32(37)36-18-16-35(17-19-36)28-14-12-25(21-29(28)40-2)23-6-3-7-23/h4-5,8-15,20-21,23,34H,3,6-7,16-19H2,1-2H3. The monoisotopic (exact) mass is 570 g/mol. The molecule has 3 aromatic carbocycles. The first-order valence-corrected chi connectivity index (χ1v) is 15.5. The number of methoxy groups -OCH3 is 1. The van der Waals surface area contributed by atoms with E-state index in [1.54, 1.807) is 56.6 Å². The Kier molecular flexibility index (Phi) is 7.30. The molecule has 9 heteroatoms. The molecule has 0 bridgehead atoms. The number of rotatable bonds is 7. The molecule has 0 spiro atoms. The number of pyridine rings is 1. The van der Waals surface area contributed by atoms with Gasteiger partial charge in [0.15, 0.2) is 0 Å². The van der Waals surface area contributed by atoms with Crippen LogP contribution in [0.3, 0.4) is 0 Å². The van der Waals surface area contributed by atoms with Crippen molar-refractivity contribution in [3.63, 3.8) is 0 Å². The number of carbonyl (C=O) groups excluding carboxylic acids is 1. The zero-order valence-corrected chi connectivity index (χ0v) is 24.2. The van der Waals surface area contributed by atoms with Crippen LogP contribution in [0.2, 0.25) is 0 Å². The predicted molar refractivity (Wildman–Crippen MR) is 161 cm³/mol. The zero-order valence-electron chi connectivity index (χ0n) is 23.3. The molecule has 2 fully saturated rings. The number of hydrogen-bond acceptors (Lipinski definition) is 6. The number of benzene rings is 3. The maximum Gasteiger partial charge on any atom is 0.264 e. The first kappa shape index (κ1) is 27.1. The fourth-order valence-corrected chi connectivity index (χ4v) is 7.00. The van der Waals surface area contributed by atoms with Crippen molar-refractivity contribution in [2.24, 2.45) is 0 Å². The molecule has 2 heterocycles. The molecule has 2 aliphatic rings. The van der Waals surface area contributed by atoms with Gasteiger partial charge in [0.05, 0.1) is 24.0 Å². The van der Waals surface area contributed by atoms with Crippen molar-refractivity contribution in [1.29, 1.82) is 0 Å². The number of carbonyl (C=O) groups is 1. The van der Waals surface area contributed by atoms with Gasteiger partial charge >= 0.3 is 0 Å². The van der Waals surface area contributed by atoms with Crippen LogP contribution >= 0.6 is 0 Å². The van der Waals surface area contributed by atoms with Crippen LogP contribution in [0.1, 0.15) is 46.7 Å². The summed E-state index contributed by atoms with van der Waals surface area (Å²) in [4.78, 5) is 21.9. The van der Waals surface area contributed by atoms with Gasteiger partial charge in [0.1, 0.15) is 10.6 Å². The zero-order chi connectivity index (χ0) is 28.6. The molecule has 1 amide bonds. The van der Waals surface area contributed by atoms with Gasteiger partial charge in [0, 0.05) is 43.3 Å². The highest BCUT2D eigenvalue weighted by Gasteiger charge is 2.26. The minimum absolute atomic E-state index is 0.0623. The van der Waals surface area contributed by atoms with Crippen molar-refractivity contribution in [3.05, 3.63) is 89.6 Å². The van der Waals surface area contributed by atoms with E-state index in [1.807, 2.05) is 17.0 Å². The van der Waals surface area contributed by atoms with Crippen molar-refractivity contribution in [2.45, 2.75) is 37.0 Å². The molecule has 4 aromatic rings. The Morgan fingerprint density at radius 2 is 1.76 bits per heavy atom. The number of amides is 1. The maximum atomic E-state index is 13.4. The molecule has 6 rings (SSSR count). The third-order valence-electron chi connectivity index (χ3n) is 8.29. The highest BCUT2D eigenvalue weighted by Crippen LogP contribution is 2.40. The van der Waals surface area contributed by atoms with Crippen molar-refractivity contribution in [1.82, 2.24) is 9.88 Å². The number of aryl methyl sites for hydroxylation is 1. The molecule has 1 N–H and O–H groups in total. The number of nitrogens with one attached hydrogen (secondary N) is 1. The number of fused-ring (bicyclic) bond motifs is 1. The van der Waals surface area contributed by atoms with E-state index in [-0.39, 0.29) is 10.8 Å². The van der Waals surface area contributed by atoms with E-state index < -0.39 is 10.0 Å². The highest BCUT2D eigenvalue weighted by atomic mass is 32.2. The molecule has 1 saturated heterocycles. The Labute approximate surface area is 241 Å². The van der Waals surface area contributed by atoms with Crippen molar-refractivity contribution >= 4 is 38.2 Å². The molecular formula is C32H34N4O4S. The van der Waals surface area contributed by atoms with Gasteiger partial charge in [-0.15, -0.1) is 0 Å². The molecule has 41 heavy (non-hydrogen) atoms. The lowest BCUT2D eigenvalue weighted by Gasteiger charge is -2.37. The molecular weight excluding hydrogens is 536 g/mol. The predicted octanol–water partition coefficient (Wildman–Crippen LogP) is 5.58. The molecule has 0 radical (unpaired) electrons. The highest BCUT2D eigenvalue weighted by molar-refractivity contribution is 7.93. The molecule has 1 aliphatic carbocycles. The normalized spacial score (nSPS) is 16.0. The lowest BCUT2D eigenvalue weighted by molar-refractivity contribution is 0.0746. The molecule has 0 atom stereocenters. The van der Waals surface area contributed by atoms with Crippen LogP contribution in [0, 0.1) is 6.92 Å². The number of para-hydroxylation sites is 1. The molecule has 1 aromatic heterocycles. The number of aromatic nitrogens is 1. The molecule has 1 saturated carbocycles. The van der Waals surface area contributed by atoms with E-state index in [1.165, 1.54) is 24.8 Å². The Morgan fingerprint density at radius 3 is 2.46 bits per heavy atom. The second-order valence-electron chi connectivity index (χ2n) is 10.8. The number of piperazine rings is 1. The van der Waals surface area contributed by atoms with E-state index in [9.17, 15) is 13.2 Å². The average molecular weight is 571 g/mol. The summed E-state index contributed by atoms with van der Waals surface area (Å²) < 4.78 is 34.9. The maximum absolute atomic E-state index is 13.4. The fourth-order valence-electron chi connectivity index (χ4n) is 5.69. The Morgan fingerprint density at radius 1 is 0.976 bits per heavy atom. The number of sulfonamides is 1. The molecule has 212 valence electrons. The van der Waals surface area contributed by atoms with Gasteiger partial charge in [-0.25, -0.2) is 8.42 Å². The molecule has 1 aliphatic heterocycles. The van der Waals surface area contributed by atoms with E-state index >= 15 is 0 Å². The summed E-state index contributed by atoms with van der Waals surface area (Å²) in [6.07, 6.45) is 5.37. The van der Waals surface area contributed by atoms with Crippen LogP contribution in [0.15, 0.2) is 77.8 Å². The lowest BCUT2D eigenvalue weighted by atomic mass is 9.80. The van der Waals surface area contributed by atoms with Crippen LogP contribution in [0.4, 0.5) is 11.4 Å². The third-order valence-corrected chi connectivity index (χ3v) is 9.69. The van der Waals surface area contributed by atoms with E-state index in [2.05, 4.69) is 32.8 Å². The van der Waals surface area contributed by atoms with Crippen molar-refractivity contribution < 1.29 is 17.9 Å². The Bertz CT molecular complexity index is 1710. The van der Waals surface area contributed by atoms with Crippen LogP contribution < -0.4 is 14.4 Å². The Balaban J connectivity index is 1.13. The first-order chi connectivity index (χ1) is 19.8. The second-order valence-corrected chi connectivity index (χ2v) is 12.5. The number of ether oxygens (including phenoxy) is 1. The SMILES string of the molecule is COc1cc(C2CCC2)ccc1N1CCN(C(=O)c2ccc(NS(=O)(=O)c3cccc4cccnc34)c(C)c2)CC1. The van der Waals surface area contributed by atoms with Crippen LogP contribution in [-0.4, -0.2) is 57.5 Å².